The van der Waals surface area contributed by atoms with Gasteiger partial charge in [0.25, 0.3) is 0 Å². The molecule has 0 amide bonds. The number of rotatable bonds is 2. The van der Waals surface area contributed by atoms with Gasteiger partial charge in [-0.3, -0.25) is 0 Å². The lowest BCUT2D eigenvalue weighted by Crippen LogP contribution is -2.17. The SMILES string of the molecule is O=C(O)c1ccc(-c2cccc(C(F)(F)F)c2C(F)(F)F)cc1. The fourth-order valence-electron chi connectivity index (χ4n) is 2.13. The second-order valence-electron chi connectivity index (χ2n) is 4.61. The Labute approximate surface area is 126 Å². The van der Waals surface area contributed by atoms with E-state index in [-0.39, 0.29) is 11.1 Å². The molecular formula is C15H8F6O2. The summed E-state index contributed by atoms with van der Waals surface area (Å²) in [5.41, 5.74) is -4.59. The highest BCUT2D eigenvalue weighted by Gasteiger charge is 2.44. The minimum atomic E-state index is -5.22. The maximum absolute atomic E-state index is 13.1. The van der Waals surface area contributed by atoms with Crippen molar-refractivity contribution < 1.29 is 36.2 Å². The maximum atomic E-state index is 13.1. The van der Waals surface area contributed by atoms with Crippen molar-refractivity contribution in [2.45, 2.75) is 12.4 Å². The third kappa shape index (κ3) is 3.46. The molecule has 2 rings (SSSR count). The Hall–Kier alpha value is -2.51. The normalized spacial score (nSPS) is 12.3. The van der Waals surface area contributed by atoms with Crippen LogP contribution in [0.3, 0.4) is 0 Å². The van der Waals surface area contributed by atoms with E-state index in [1.807, 2.05) is 0 Å². The van der Waals surface area contributed by atoms with Gasteiger partial charge in [0, 0.05) is 0 Å². The van der Waals surface area contributed by atoms with Crippen LogP contribution in [0.1, 0.15) is 21.5 Å². The minimum Gasteiger partial charge on any atom is -0.478 e. The van der Waals surface area contributed by atoms with Crippen LogP contribution in [0.15, 0.2) is 42.5 Å². The summed E-state index contributed by atoms with van der Waals surface area (Å²) in [6.07, 6.45) is -10.4. The number of benzene rings is 2. The van der Waals surface area contributed by atoms with Crippen molar-refractivity contribution in [3.63, 3.8) is 0 Å². The first-order valence-corrected chi connectivity index (χ1v) is 6.13. The van der Waals surface area contributed by atoms with Gasteiger partial charge in [-0.05, 0) is 29.3 Å². The molecular weight excluding hydrogens is 326 g/mol. The average molecular weight is 334 g/mol. The summed E-state index contributed by atoms with van der Waals surface area (Å²) in [6.45, 7) is 0. The summed E-state index contributed by atoms with van der Waals surface area (Å²) in [7, 11) is 0. The Morgan fingerprint density at radius 3 is 1.83 bits per heavy atom. The molecule has 0 spiro atoms. The minimum absolute atomic E-state index is 0.159. The molecule has 2 aromatic carbocycles. The Morgan fingerprint density at radius 1 is 0.826 bits per heavy atom. The van der Waals surface area contributed by atoms with Gasteiger partial charge in [0.2, 0.25) is 0 Å². The Balaban J connectivity index is 2.70. The number of alkyl halides is 6. The predicted molar refractivity (Wildman–Crippen MR) is 68.8 cm³/mol. The summed E-state index contributed by atoms with van der Waals surface area (Å²) in [4.78, 5) is 10.7. The van der Waals surface area contributed by atoms with Gasteiger partial charge >= 0.3 is 18.3 Å². The van der Waals surface area contributed by atoms with Gasteiger partial charge in [-0.15, -0.1) is 0 Å². The molecule has 122 valence electrons. The summed E-state index contributed by atoms with van der Waals surface area (Å²) in [5, 5.41) is 8.75. The third-order valence-corrected chi connectivity index (χ3v) is 3.10. The Kier molecular flexibility index (Phi) is 4.10. The molecule has 0 aliphatic rings. The van der Waals surface area contributed by atoms with Crippen LogP contribution in [0.5, 0.6) is 0 Å². The molecule has 2 nitrogen and oxygen atoms in total. The quantitative estimate of drug-likeness (QED) is 0.777. The van der Waals surface area contributed by atoms with E-state index in [0.29, 0.717) is 6.07 Å². The first-order valence-electron chi connectivity index (χ1n) is 6.13. The standard InChI is InChI=1S/C15H8F6O2/c16-14(17,18)11-3-1-2-10(12(11)15(19,20)21)8-4-6-9(7-5-8)13(22)23/h1-7H,(H,22,23). The lowest BCUT2D eigenvalue weighted by molar-refractivity contribution is -0.161. The van der Waals surface area contributed by atoms with Crippen molar-refractivity contribution in [1.29, 1.82) is 0 Å². The molecule has 0 bridgehead atoms. The molecule has 0 unspecified atom stereocenters. The van der Waals surface area contributed by atoms with Gasteiger partial charge in [0.15, 0.2) is 0 Å². The molecule has 0 atom stereocenters. The molecule has 23 heavy (non-hydrogen) atoms. The predicted octanol–water partition coefficient (Wildman–Crippen LogP) is 5.09. The van der Waals surface area contributed by atoms with Crippen LogP contribution in [0.25, 0.3) is 11.1 Å². The van der Waals surface area contributed by atoms with E-state index < -0.39 is 35.0 Å². The highest BCUT2D eigenvalue weighted by molar-refractivity contribution is 5.88. The molecule has 0 heterocycles. The zero-order valence-electron chi connectivity index (χ0n) is 11.2. The van der Waals surface area contributed by atoms with Crippen molar-refractivity contribution >= 4 is 5.97 Å². The van der Waals surface area contributed by atoms with Gasteiger partial charge in [0.05, 0.1) is 16.7 Å². The van der Waals surface area contributed by atoms with Crippen molar-refractivity contribution in [3.8, 4) is 11.1 Å². The lowest BCUT2D eigenvalue weighted by atomic mass is 9.94. The number of hydrogen-bond donors (Lipinski definition) is 1. The largest absolute Gasteiger partial charge is 0.478 e. The van der Waals surface area contributed by atoms with E-state index in [9.17, 15) is 31.1 Å². The molecule has 8 heteroatoms. The zero-order valence-corrected chi connectivity index (χ0v) is 11.2. The fraction of sp³-hybridized carbons (Fsp3) is 0.133. The van der Waals surface area contributed by atoms with Crippen molar-refractivity contribution in [2.24, 2.45) is 0 Å². The fourth-order valence-corrected chi connectivity index (χ4v) is 2.13. The highest BCUT2D eigenvalue weighted by Crippen LogP contribution is 2.44. The summed E-state index contributed by atoms with van der Waals surface area (Å²) in [6, 6.07) is 6.27. The molecule has 0 saturated heterocycles. The third-order valence-electron chi connectivity index (χ3n) is 3.10. The van der Waals surface area contributed by atoms with Gasteiger partial charge in [-0.25, -0.2) is 4.79 Å². The van der Waals surface area contributed by atoms with Crippen LogP contribution in [0, 0.1) is 0 Å². The summed E-state index contributed by atoms with van der Waals surface area (Å²) in [5.74, 6) is -1.29. The molecule has 0 fully saturated rings. The van der Waals surface area contributed by atoms with Crippen molar-refractivity contribution in [1.82, 2.24) is 0 Å². The van der Waals surface area contributed by atoms with E-state index in [1.165, 1.54) is 0 Å². The van der Waals surface area contributed by atoms with E-state index in [2.05, 4.69) is 0 Å². The van der Waals surface area contributed by atoms with Gasteiger partial charge < -0.3 is 5.11 Å². The zero-order chi connectivity index (χ0) is 17.4. The lowest BCUT2D eigenvalue weighted by Gasteiger charge is -2.19. The van der Waals surface area contributed by atoms with Crippen molar-refractivity contribution in [3.05, 3.63) is 59.2 Å². The van der Waals surface area contributed by atoms with E-state index in [0.717, 1.165) is 36.4 Å². The van der Waals surface area contributed by atoms with Gasteiger partial charge in [-0.1, -0.05) is 24.3 Å². The summed E-state index contributed by atoms with van der Waals surface area (Å²) >= 11 is 0. The second kappa shape index (κ2) is 5.60. The van der Waals surface area contributed by atoms with E-state index in [4.69, 9.17) is 5.11 Å². The van der Waals surface area contributed by atoms with Crippen molar-refractivity contribution in [2.75, 3.05) is 0 Å². The summed E-state index contributed by atoms with van der Waals surface area (Å²) < 4.78 is 78.0. The number of carboxylic acids is 1. The van der Waals surface area contributed by atoms with E-state index >= 15 is 0 Å². The topological polar surface area (TPSA) is 37.3 Å². The molecule has 2 aromatic rings. The van der Waals surface area contributed by atoms with Crippen LogP contribution in [-0.4, -0.2) is 11.1 Å². The average Bonchev–Trinajstić information content (AvgIpc) is 2.44. The molecule has 0 aliphatic carbocycles. The molecule has 0 aliphatic heterocycles. The van der Waals surface area contributed by atoms with Crippen LogP contribution in [0.2, 0.25) is 0 Å². The second-order valence-corrected chi connectivity index (χ2v) is 4.61. The van der Waals surface area contributed by atoms with Crippen LogP contribution in [0.4, 0.5) is 26.3 Å². The van der Waals surface area contributed by atoms with Crippen LogP contribution < -0.4 is 0 Å². The first-order chi connectivity index (χ1) is 10.5. The monoisotopic (exact) mass is 334 g/mol. The molecule has 0 aromatic heterocycles. The van der Waals surface area contributed by atoms with Crippen LogP contribution in [-0.2, 0) is 12.4 Å². The number of aromatic carboxylic acids is 1. The van der Waals surface area contributed by atoms with Gasteiger partial charge in [0.1, 0.15) is 0 Å². The number of hydrogen-bond acceptors (Lipinski definition) is 1. The molecule has 0 radical (unpaired) electrons. The molecule has 0 saturated carbocycles. The Bertz CT molecular complexity index is 729. The Morgan fingerprint density at radius 2 is 1.39 bits per heavy atom. The van der Waals surface area contributed by atoms with Gasteiger partial charge in [-0.2, -0.15) is 26.3 Å². The number of carbonyl (C=O) groups is 1. The molecule has 1 N–H and O–H groups in total. The van der Waals surface area contributed by atoms with E-state index in [1.54, 1.807) is 0 Å². The maximum Gasteiger partial charge on any atom is 0.417 e. The highest BCUT2D eigenvalue weighted by atomic mass is 19.4. The number of halogens is 6. The number of carboxylic acid groups (broad SMARTS) is 1. The first kappa shape index (κ1) is 16.9. The smallest absolute Gasteiger partial charge is 0.417 e. The van der Waals surface area contributed by atoms with Crippen LogP contribution >= 0.6 is 0 Å².